The maximum Gasteiger partial charge on any atom is 0.123 e. The topological polar surface area (TPSA) is 41.5 Å². The summed E-state index contributed by atoms with van der Waals surface area (Å²) in [5.41, 5.74) is 0.599. The largest absolute Gasteiger partial charge is 0.493 e. The monoisotopic (exact) mass is 269 g/mol. The molecule has 1 aromatic rings. The van der Waals surface area contributed by atoms with Crippen LogP contribution in [0.3, 0.4) is 0 Å². The Morgan fingerprint density at radius 2 is 2.11 bits per heavy atom. The molecule has 0 aliphatic heterocycles. The highest BCUT2D eigenvalue weighted by atomic mass is 19.1. The van der Waals surface area contributed by atoms with Crippen molar-refractivity contribution in [2.75, 3.05) is 20.3 Å². The van der Waals surface area contributed by atoms with Crippen molar-refractivity contribution < 1.29 is 14.2 Å². The van der Waals surface area contributed by atoms with Gasteiger partial charge in [0.05, 0.1) is 13.2 Å². The summed E-state index contributed by atoms with van der Waals surface area (Å²) in [5, 5.41) is 12.4. The van der Waals surface area contributed by atoms with Crippen LogP contribution < -0.4 is 10.1 Å². The molecule has 0 radical (unpaired) electrons. The van der Waals surface area contributed by atoms with Crippen LogP contribution in [0.25, 0.3) is 0 Å². The first-order valence-corrected chi connectivity index (χ1v) is 6.69. The zero-order valence-electron chi connectivity index (χ0n) is 12.0. The predicted molar refractivity (Wildman–Crippen MR) is 75.0 cm³/mol. The van der Waals surface area contributed by atoms with Gasteiger partial charge in [0.25, 0.3) is 0 Å². The van der Waals surface area contributed by atoms with E-state index in [9.17, 15) is 9.50 Å². The maximum absolute atomic E-state index is 12.9. The Hall–Kier alpha value is -1.13. The highest BCUT2D eigenvalue weighted by molar-refractivity contribution is 5.32. The number of halogens is 1. The molecule has 0 aliphatic rings. The van der Waals surface area contributed by atoms with Crippen molar-refractivity contribution in [1.29, 1.82) is 0 Å². The second-order valence-electron chi connectivity index (χ2n) is 5.18. The molecule has 1 atom stereocenters. The molecule has 0 fully saturated rings. The number of benzene rings is 1. The van der Waals surface area contributed by atoms with Crippen molar-refractivity contribution in [2.45, 2.75) is 38.6 Å². The highest BCUT2D eigenvalue weighted by Crippen LogP contribution is 2.19. The van der Waals surface area contributed by atoms with Crippen LogP contribution >= 0.6 is 0 Å². The summed E-state index contributed by atoms with van der Waals surface area (Å²) < 4.78 is 18.5. The lowest BCUT2D eigenvalue weighted by atomic mass is 9.96. The average molecular weight is 269 g/mol. The van der Waals surface area contributed by atoms with Crippen LogP contribution in [-0.4, -0.2) is 30.9 Å². The molecule has 0 spiro atoms. The zero-order chi connectivity index (χ0) is 14.3. The standard InChI is InChI=1S/C15H24FNO2/c1-12-10-13(16)6-7-14(12)19-9-5-4-8-15(2,11-18)17-3/h6-7,10,17-18H,4-5,8-9,11H2,1-3H3. The number of ether oxygens (including phenoxy) is 1. The van der Waals surface area contributed by atoms with E-state index in [4.69, 9.17) is 4.74 Å². The van der Waals surface area contributed by atoms with Crippen LogP contribution in [-0.2, 0) is 0 Å². The van der Waals surface area contributed by atoms with Crippen LogP contribution in [0.1, 0.15) is 31.7 Å². The number of unbranched alkanes of at least 4 members (excludes halogenated alkanes) is 1. The van der Waals surface area contributed by atoms with Crippen molar-refractivity contribution >= 4 is 0 Å². The number of aliphatic hydroxyl groups is 1. The Morgan fingerprint density at radius 3 is 2.68 bits per heavy atom. The predicted octanol–water partition coefficient (Wildman–Crippen LogP) is 2.65. The molecule has 4 heteroatoms. The third-order valence-electron chi connectivity index (χ3n) is 3.47. The van der Waals surface area contributed by atoms with Crippen molar-refractivity contribution in [3.05, 3.63) is 29.6 Å². The minimum Gasteiger partial charge on any atom is -0.493 e. The number of hydrogen-bond acceptors (Lipinski definition) is 3. The Morgan fingerprint density at radius 1 is 1.37 bits per heavy atom. The van der Waals surface area contributed by atoms with E-state index in [1.807, 2.05) is 20.9 Å². The number of aryl methyl sites for hydroxylation is 1. The zero-order valence-corrected chi connectivity index (χ0v) is 12.0. The molecule has 108 valence electrons. The van der Waals surface area contributed by atoms with E-state index in [0.29, 0.717) is 6.61 Å². The SMILES string of the molecule is CNC(C)(CO)CCCCOc1ccc(F)cc1C. The van der Waals surface area contributed by atoms with E-state index in [0.717, 1.165) is 30.6 Å². The Kier molecular flexibility index (Phi) is 6.25. The van der Waals surface area contributed by atoms with Gasteiger partial charge in [-0.25, -0.2) is 4.39 Å². The van der Waals surface area contributed by atoms with Gasteiger partial charge in [0.1, 0.15) is 11.6 Å². The van der Waals surface area contributed by atoms with Gasteiger partial charge in [-0.05, 0) is 63.9 Å². The lowest BCUT2D eigenvalue weighted by Gasteiger charge is -2.26. The van der Waals surface area contributed by atoms with Gasteiger partial charge < -0.3 is 15.2 Å². The number of hydrogen-bond donors (Lipinski definition) is 2. The smallest absolute Gasteiger partial charge is 0.123 e. The molecule has 0 amide bonds. The summed E-state index contributed by atoms with van der Waals surface area (Å²) in [4.78, 5) is 0. The van der Waals surface area contributed by atoms with Crippen molar-refractivity contribution in [2.24, 2.45) is 0 Å². The summed E-state index contributed by atoms with van der Waals surface area (Å²) >= 11 is 0. The summed E-state index contributed by atoms with van der Waals surface area (Å²) in [6.45, 7) is 4.57. The second kappa shape index (κ2) is 7.46. The van der Waals surface area contributed by atoms with E-state index in [2.05, 4.69) is 5.32 Å². The van der Waals surface area contributed by atoms with E-state index in [1.165, 1.54) is 12.1 Å². The lowest BCUT2D eigenvalue weighted by Crippen LogP contribution is -2.43. The van der Waals surface area contributed by atoms with E-state index in [-0.39, 0.29) is 18.0 Å². The lowest BCUT2D eigenvalue weighted by molar-refractivity contribution is 0.168. The molecule has 3 nitrogen and oxygen atoms in total. The van der Waals surface area contributed by atoms with Gasteiger partial charge in [0, 0.05) is 5.54 Å². The fraction of sp³-hybridized carbons (Fsp3) is 0.600. The quantitative estimate of drug-likeness (QED) is 0.713. The first kappa shape index (κ1) is 15.9. The van der Waals surface area contributed by atoms with Crippen molar-refractivity contribution in [3.8, 4) is 5.75 Å². The number of nitrogens with one attached hydrogen (secondary N) is 1. The summed E-state index contributed by atoms with van der Waals surface area (Å²) in [5.74, 6) is 0.498. The highest BCUT2D eigenvalue weighted by Gasteiger charge is 2.19. The normalized spacial score (nSPS) is 14.2. The summed E-state index contributed by atoms with van der Waals surface area (Å²) in [6, 6.07) is 4.54. The van der Waals surface area contributed by atoms with Gasteiger partial charge in [0.15, 0.2) is 0 Å². The Labute approximate surface area is 114 Å². The fourth-order valence-corrected chi connectivity index (χ4v) is 1.86. The molecule has 0 bridgehead atoms. The van der Waals surface area contributed by atoms with Gasteiger partial charge in [-0.2, -0.15) is 0 Å². The number of likely N-dealkylation sites (N-methyl/N-ethyl adjacent to an activating group) is 1. The van der Waals surface area contributed by atoms with E-state index >= 15 is 0 Å². The van der Waals surface area contributed by atoms with E-state index in [1.54, 1.807) is 6.07 Å². The average Bonchev–Trinajstić information content (AvgIpc) is 2.40. The third kappa shape index (κ3) is 5.17. The van der Waals surface area contributed by atoms with Crippen LogP contribution in [0.4, 0.5) is 4.39 Å². The van der Waals surface area contributed by atoms with Crippen LogP contribution in [0.2, 0.25) is 0 Å². The van der Waals surface area contributed by atoms with Crippen LogP contribution in [0.15, 0.2) is 18.2 Å². The fourth-order valence-electron chi connectivity index (χ4n) is 1.86. The number of rotatable bonds is 8. The number of aliphatic hydroxyl groups excluding tert-OH is 1. The van der Waals surface area contributed by atoms with Crippen LogP contribution in [0.5, 0.6) is 5.75 Å². The van der Waals surface area contributed by atoms with Gasteiger partial charge in [-0.3, -0.25) is 0 Å². The third-order valence-corrected chi connectivity index (χ3v) is 3.47. The first-order chi connectivity index (χ1) is 9.00. The molecule has 1 aromatic carbocycles. The summed E-state index contributed by atoms with van der Waals surface area (Å²) in [6.07, 6.45) is 2.78. The second-order valence-corrected chi connectivity index (χ2v) is 5.18. The molecule has 1 unspecified atom stereocenters. The first-order valence-electron chi connectivity index (χ1n) is 6.69. The maximum atomic E-state index is 12.9. The molecular weight excluding hydrogens is 245 g/mol. The molecule has 0 aliphatic carbocycles. The molecule has 0 heterocycles. The van der Waals surface area contributed by atoms with Gasteiger partial charge in [-0.1, -0.05) is 0 Å². The molecule has 19 heavy (non-hydrogen) atoms. The molecular formula is C15H24FNO2. The Balaban J connectivity index is 2.28. The van der Waals surface area contributed by atoms with Gasteiger partial charge in [-0.15, -0.1) is 0 Å². The molecule has 0 saturated carbocycles. The molecule has 0 saturated heterocycles. The molecule has 1 rings (SSSR count). The molecule has 2 N–H and O–H groups in total. The Bertz CT molecular complexity index is 392. The summed E-state index contributed by atoms with van der Waals surface area (Å²) in [7, 11) is 1.86. The van der Waals surface area contributed by atoms with Crippen molar-refractivity contribution in [3.63, 3.8) is 0 Å². The van der Waals surface area contributed by atoms with Crippen LogP contribution in [0, 0.1) is 12.7 Å². The van der Waals surface area contributed by atoms with Crippen molar-refractivity contribution in [1.82, 2.24) is 5.32 Å². The minimum absolute atomic E-state index is 0.126. The van der Waals surface area contributed by atoms with Gasteiger partial charge in [0.2, 0.25) is 0 Å². The van der Waals surface area contributed by atoms with E-state index < -0.39 is 0 Å². The molecule has 0 aromatic heterocycles. The van der Waals surface area contributed by atoms with Gasteiger partial charge >= 0.3 is 0 Å². The minimum atomic E-state index is -0.238.